The van der Waals surface area contributed by atoms with Crippen molar-refractivity contribution < 1.29 is 27.0 Å². The molecule has 7 nitrogen and oxygen atoms in total. The molecule has 4 rings (SSSR count). The van der Waals surface area contributed by atoms with Gasteiger partial charge >= 0.3 is 5.90 Å². The van der Waals surface area contributed by atoms with Gasteiger partial charge in [0, 0.05) is 34.3 Å². The van der Waals surface area contributed by atoms with Gasteiger partial charge in [-0.05, 0) is 50.5 Å². The lowest BCUT2D eigenvalue weighted by Gasteiger charge is -2.25. The van der Waals surface area contributed by atoms with Gasteiger partial charge in [-0.25, -0.2) is 8.42 Å². The Kier molecular flexibility index (Phi) is 8.50. The number of ether oxygens (including phenoxy) is 2. The van der Waals surface area contributed by atoms with Crippen molar-refractivity contribution in [1.29, 1.82) is 0 Å². The number of halogens is 2. The Labute approximate surface area is 214 Å². The highest BCUT2D eigenvalue weighted by molar-refractivity contribution is 9.09. The molecule has 0 aromatic rings. The molecule has 0 bridgehead atoms. The van der Waals surface area contributed by atoms with E-state index < -0.39 is 10.1 Å². The number of nitrogens with zero attached hydrogens (tertiary/aromatic N) is 1. The van der Waals surface area contributed by atoms with E-state index >= 15 is 0 Å². The van der Waals surface area contributed by atoms with Gasteiger partial charge in [0.05, 0.1) is 22.2 Å². The average molecular weight is 610 g/mol. The Hall–Kier alpha value is -0.580. The van der Waals surface area contributed by atoms with Crippen molar-refractivity contribution in [2.24, 2.45) is 0 Å². The molecule has 2 saturated carbocycles. The molecule has 2 aliphatic heterocycles. The lowest BCUT2D eigenvalue weighted by molar-refractivity contribution is -0.561. The van der Waals surface area contributed by atoms with Crippen LogP contribution in [0, 0.1) is 0 Å². The number of rotatable bonds is 8. The fourth-order valence-corrected chi connectivity index (χ4v) is 7.16. The van der Waals surface area contributed by atoms with Crippen LogP contribution < -0.4 is 5.32 Å². The minimum atomic E-state index is -4.17. The molecule has 6 atom stereocenters. The van der Waals surface area contributed by atoms with Crippen LogP contribution in [0.4, 0.5) is 0 Å². The molecule has 0 amide bonds. The zero-order chi connectivity index (χ0) is 23.6. The van der Waals surface area contributed by atoms with Gasteiger partial charge in [0.2, 0.25) is 0 Å². The van der Waals surface area contributed by atoms with E-state index in [-0.39, 0.29) is 24.0 Å². The predicted octanol–water partition coefficient (Wildman–Crippen LogP) is 3.92. The maximum Gasteiger partial charge on any atom is 0.363 e. The van der Waals surface area contributed by atoms with Crippen LogP contribution in [-0.4, -0.2) is 69.7 Å². The molecule has 0 spiro atoms. The molecule has 186 valence electrons. The first-order valence-corrected chi connectivity index (χ1v) is 15.5. The highest BCUT2D eigenvalue weighted by atomic mass is 79.9. The highest BCUT2D eigenvalue weighted by Crippen LogP contribution is 2.34. The minimum absolute atomic E-state index is 0.152. The lowest BCUT2D eigenvalue weighted by Crippen LogP contribution is -2.38. The van der Waals surface area contributed by atoms with E-state index in [1.165, 1.54) is 0 Å². The number of unbranched alkanes of at least 4 members (excludes halogenated alkanes) is 1. The van der Waals surface area contributed by atoms with Gasteiger partial charge < -0.3 is 19.3 Å². The quantitative estimate of drug-likeness (QED) is 0.194. The van der Waals surface area contributed by atoms with Crippen molar-refractivity contribution in [2.45, 2.75) is 98.7 Å². The van der Waals surface area contributed by atoms with E-state index in [2.05, 4.69) is 60.8 Å². The molecule has 2 aliphatic carbocycles. The van der Waals surface area contributed by atoms with Crippen molar-refractivity contribution in [3.63, 3.8) is 0 Å². The van der Waals surface area contributed by atoms with Crippen LogP contribution in [-0.2, 0) is 19.6 Å². The summed E-state index contributed by atoms with van der Waals surface area (Å²) < 4.78 is 47.8. The molecule has 3 fully saturated rings. The van der Waals surface area contributed by atoms with Gasteiger partial charge in [-0.1, -0.05) is 38.8 Å². The lowest BCUT2D eigenvalue weighted by atomic mass is 9.92. The van der Waals surface area contributed by atoms with Crippen molar-refractivity contribution in [3.8, 4) is 0 Å². The fourth-order valence-electron chi connectivity index (χ4n) is 5.29. The second-order valence-corrected chi connectivity index (χ2v) is 13.6. The van der Waals surface area contributed by atoms with Gasteiger partial charge in [-0.3, -0.25) is 0 Å². The van der Waals surface area contributed by atoms with Gasteiger partial charge in [0.15, 0.2) is 18.0 Å². The second kappa shape index (κ2) is 11.0. The molecule has 1 saturated heterocycles. The Bertz CT molecular complexity index is 920. The Morgan fingerprint density at radius 1 is 1.12 bits per heavy atom. The molecule has 10 heteroatoms. The standard InChI is InChI=1S/C23H34Br2N2O5S/c1-2-15(11-22-26-18-13-16(24)5-7-20(18)31-22)12-23-27(9-3-4-10-33(28,29)30)19-14-17(25)6-8-21(19)32-23/h11-12,16-21H,2-10,13-14H2,1H3,(H,28,29,30). The number of hydrogen-bond donors (Lipinski definition) is 1. The van der Waals surface area contributed by atoms with Crippen LogP contribution in [0.5, 0.6) is 0 Å². The number of alkyl halides is 2. The Morgan fingerprint density at radius 2 is 1.85 bits per heavy atom. The molecule has 2 heterocycles. The fraction of sp³-hybridized carbons (Fsp3) is 0.783. The first-order chi connectivity index (χ1) is 15.7. The zero-order valence-corrected chi connectivity index (χ0v) is 23.0. The van der Waals surface area contributed by atoms with E-state index in [0.29, 0.717) is 35.1 Å². The summed E-state index contributed by atoms with van der Waals surface area (Å²) in [5.74, 6) is 1.37. The number of nitrogens with one attached hydrogen (secondary N) is 1. The van der Waals surface area contributed by atoms with Crippen LogP contribution in [0.3, 0.4) is 0 Å². The molecule has 4 aliphatic rings. The second-order valence-electron chi connectivity index (χ2n) is 9.53. The average Bonchev–Trinajstić information content (AvgIpc) is 3.29. The van der Waals surface area contributed by atoms with Crippen molar-refractivity contribution in [3.05, 3.63) is 23.6 Å². The maximum atomic E-state index is 11.0. The third kappa shape index (κ3) is 6.76. The third-order valence-electron chi connectivity index (χ3n) is 7.05. The topological polar surface area (TPSA) is 90.7 Å². The van der Waals surface area contributed by atoms with Crippen LogP contribution in [0.15, 0.2) is 23.6 Å². The first-order valence-electron chi connectivity index (χ1n) is 12.1. The summed E-state index contributed by atoms with van der Waals surface area (Å²) in [6, 6.07) is 0.624. The van der Waals surface area contributed by atoms with Crippen LogP contribution in [0.2, 0.25) is 0 Å². The minimum Gasteiger partial charge on any atom is -0.748 e. The van der Waals surface area contributed by atoms with Crippen LogP contribution in [0.25, 0.3) is 0 Å². The summed E-state index contributed by atoms with van der Waals surface area (Å²) in [5.41, 5.74) is 1.13. The first kappa shape index (κ1) is 25.5. The van der Waals surface area contributed by atoms with E-state index in [1.54, 1.807) is 0 Å². The molecular formula is C23H34Br2N2O5S. The van der Waals surface area contributed by atoms with Crippen molar-refractivity contribution in [2.75, 3.05) is 12.3 Å². The van der Waals surface area contributed by atoms with E-state index in [1.807, 2.05) is 0 Å². The smallest absolute Gasteiger partial charge is 0.363 e. The van der Waals surface area contributed by atoms with Gasteiger partial charge in [0.1, 0.15) is 12.6 Å². The normalized spacial score (nSPS) is 35.6. The van der Waals surface area contributed by atoms with Crippen LogP contribution in [0.1, 0.15) is 64.7 Å². The number of fused-ring (bicyclic) bond motifs is 2. The summed E-state index contributed by atoms with van der Waals surface area (Å²) in [6.07, 6.45) is 12.8. The van der Waals surface area contributed by atoms with Gasteiger partial charge in [-0.15, -0.1) is 0 Å². The molecule has 1 N–H and O–H groups in total. The Morgan fingerprint density at radius 3 is 2.58 bits per heavy atom. The number of allylic oxidation sites excluding steroid dienone is 2. The zero-order valence-electron chi connectivity index (χ0n) is 19.0. The summed E-state index contributed by atoms with van der Waals surface area (Å²) in [4.78, 5) is 1.00. The predicted molar refractivity (Wildman–Crippen MR) is 134 cm³/mol. The van der Waals surface area contributed by atoms with E-state index in [9.17, 15) is 13.0 Å². The molecule has 0 aromatic carbocycles. The van der Waals surface area contributed by atoms with E-state index in [0.717, 1.165) is 62.3 Å². The summed E-state index contributed by atoms with van der Waals surface area (Å²) in [5, 5.41) is 3.55. The number of hydrogen-bond acceptors (Lipinski definition) is 6. The molecular weight excluding hydrogens is 576 g/mol. The van der Waals surface area contributed by atoms with Crippen molar-refractivity contribution in [1.82, 2.24) is 5.32 Å². The SMILES string of the molecule is CCC(=CC1=[N+](CCCCS(=O)(=O)[O-])C2CC(Br)CCC2O1)C=C1NC2CC(Br)CCC2O1. The highest BCUT2D eigenvalue weighted by Gasteiger charge is 2.46. The van der Waals surface area contributed by atoms with Gasteiger partial charge in [-0.2, -0.15) is 4.58 Å². The summed E-state index contributed by atoms with van der Waals surface area (Å²) in [7, 11) is -4.17. The molecule has 6 unspecified atom stereocenters. The monoisotopic (exact) mass is 608 g/mol. The molecule has 0 aromatic heterocycles. The largest absolute Gasteiger partial charge is 0.748 e. The van der Waals surface area contributed by atoms with Gasteiger partial charge in [0.25, 0.3) is 0 Å². The Balaban J connectivity index is 1.51. The molecule has 33 heavy (non-hydrogen) atoms. The maximum absolute atomic E-state index is 11.0. The third-order valence-corrected chi connectivity index (χ3v) is 9.50. The van der Waals surface area contributed by atoms with Crippen LogP contribution >= 0.6 is 31.9 Å². The summed E-state index contributed by atoms with van der Waals surface area (Å²) in [6.45, 7) is 2.81. The van der Waals surface area contributed by atoms with Crippen molar-refractivity contribution >= 4 is 47.9 Å². The summed E-state index contributed by atoms with van der Waals surface area (Å²) >= 11 is 7.51. The van der Waals surface area contributed by atoms with E-state index in [4.69, 9.17) is 9.47 Å². The molecule has 0 radical (unpaired) electrons.